The number of urea groups is 1. The quantitative estimate of drug-likeness (QED) is 0.720. The molecule has 6 nitrogen and oxygen atoms in total. The van der Waals surface area contributed by atoms with Crippen LogP contribution in [0.5, 0.6) is 0 Å². The Hall–Kier alpha value is -1.59. The molecule has 1 saturated carbocycles. The van der Waals surface area contributed by atoms with E-state index in [0.717, 1.165) is 25.7 Å². The molecular formula is C14H24N2O4. The molecule has 0 aromatic rings. The molecule has 0 aromatic carbocycles. The second-order valence-corrected chi connectivity index (χ2v) is 6.68. The van der Waals surface area contributed by atoms with Crippen LogP contribution in [0.3, 0.4) is 0 Å². The number of hydrogen-bond donors (Lipinski definition) is 3. The summed E-state index contributed by atoms with van der Waals surface area (Å²) in [6.45, 7) is 5.35. The lowest BCUT2D eigenvalue weighted by Gasteiger charge is -2.26. The van der Waals surface area contributed by atoms with E-state index in [-0.39, 0.29) is 18.4 Å². The van der Waals surface area contributed by atoms with Gasteiger partial charge in [0.2, 0.25) is 5.91 Å². The average molecular weight is 284 g/mol. The third kappa shape index (κ3) is 5.59. The Bertz CT molecular complexity index is 398. The summed E-state index contributed by atoms with van der Waals surface area (Å²) in [6, 6.07) is -0.495. The molecule has 1 rings (SSSR count). The lowest BCUT2D eigenvalue weighted by atomic mass is 9.85. The molecule has 3 N–H and O–H groups in total. The second kappa shape index (κ2) is 6.24. The van der Waals surface area contributed by atoms with Gasteiger partial charge in [-0.2, -0.15) is 0 Å². The van der Waals surface area contributed by atoms with Gasteiger partial charge in [-0.1, -0.05) is 26.7 Å². The van der Waals surface area contributed by atoms with Crippen LogP contribution < -0.4 is 10.6 Å². The van der Waals surface area contributed by atoms with Crippen LogP contribution in [0, 0.1) is 5.41 Å². The Balaban J connectivity index is 2.41. The van der Waals surface area contributed by atoms with E-state index in [9.17, 15) is 14.4 Å². The summed E-state index contributed by atoms with van der Waals surface area (Å²) in [7, 11) is 0. The number of carbonyl (C=O) groups excluding carboxylic acids is 2. The zero-order chi connectivity index (χ0) is 15.4. The third-order valence-corrected chi connectivity index (χ3v) is 3.64. The molecule has 20 heavy (non-hydrogen) atoms. The Labute approximate surface area is 119 Å². The standard InChI is InChI=1S/C14H24N2O4/c1-13(2,9-11(18)19)8-10(17)15-12(20)16-14(3)6-4-5-7-14/h4-9H2,1-3H3,(H,18,19)(H2,15,16,17,20). The van der Waals surface area contributed by atoms with Crippen molar-refractivity contribution in [1.82, 2.24) is 10.6 Å². The predicted octanol–water partition coefficient (Wildman–Crippen LogP) is 2.04. The number of rotatable bonds is 5. The van der Waals surface area contributed by atoms with Crippen LogP contribution in [0.15, 0.2) is 0 Å². The molecule has 1 aliphatic carbocycles. The number of carboxylic acid groups (broad SMARTS) is 1. The molecule has 0 heterocycles. The third-order valence-electron chi connectivity index (χ3n) is 3.64. The van der Waals surface area contributed by atoms with Crippen molar-refractivity contribution in [3.8, 4) is 0 Å². The number of amides is 3. The normalized spacial score (nSPS) is 17.6. The summed E-state index contributed by atoms with van der Waals surface area (Å²) in [5, 5.41) is 13.9. The van der Waals surface area contributed by atoms with E-state index in [1.807, 2.05) is 6.92 Å². The first kappa shape index (κ1) is 16.5. The number of aliphatic carboxylic acids is 1. The van der Waals surface area contributed by atoms with Crippen LogP contribution in [-0.4, -0.2) is 28.6 Å². The molecule has 1 aliphatic rings. The minimum atomic E-state index is -0.953. The van der Waals surface area contributed by atoms with Gasteiger partial charge in [-0.25, -0.2) is 4.79 Å². The summed E-state index contributed by atoms with van der Waals surface area (Å²) in [4.78, 5) is 34.2. The van der Waals surface area contributed by atoms with E-state index >= 15 is 0 Å². The summed E-state index contributed by atoms with van der Waals surface area (Å²) in [5.41, 5.74) is -0.908. The Morgan fingerprint density at radius 2 is 1.70 bits per heavy atom. The van der Waals surface area contributed by atoms with Gasteiger partial charge in [-0.05, 0) is 25.2 Å². The first-order valence-electron chi connectivity index (χ1n) is 6.96. The topological polar surface area (TPSA) is 95.5 Å². The van der Waals surface area contributed by atoms with Gasteiger partial charge in [-0.15, -0.1) is 0 Å². The highest BCUT2D eigenvalue weighted by Gasteiger charge is 2.31. The molecule has 0 aromatic heterocycles. The monoisotopic (exact) mass is 284 g/mol. The van der Waals surface area contributed by atoms with Crippen molar-refractivity contribution in [2.45, 2.75) is 64.8 Å². The fourth-order valence-corrected chi connectivity index (χ4v) is 2.66. The summed E-state index contributed by atoms with van der Waals surface area (Å²) in [6.07, 6.45) is 3.88. The predicted molar refractivity (Wildman–Crippen MR) is 74.2 cm³/mol. The highest BCUT2D eigenvalue weighted by molar-refractivity contribution is 5.95. The van der Waals surface area contributed by atoms with E-state index < -0.39 is 23.3 Å². The van der Waals surface area contributed by atoms with E-state index in [1.54, 1.807) is 13.8 Å². The van der Waals surface area contributed by atoms with Gasteiger partial charge >= 0.3 is 12.0 Å². The first-order chi connectivity index (χ1) is 9.12. The maximum absolute atomic E-state index is 11.8. The molecular weight excluding hydrogens is 260 g/mol. The molecule has 114 valence electrons. The van der Waals surface area contributed by atoms with Crippen molar-refractivity contribution < 1.29 is 19.5 Å². The van der Waals surface area contributed by atoms with Crippen LogP contribution in [-0.2, 0) is 9.59 Å². The van der Waals surface area contributed by atoms with Gasteiger partial charge in [0.1, 0.15) is 0 Å². The van der Waals surface area contributed by atoms with Crippen molar-refractivity contribution in [1.29, 1.82) is 0 Å². The number of nitrogens with one attached hydrogen (secondary N) is 2. The molecule has 0 bridgehead atoms. The van der Waals surface area contributed by atoms with Gasteiger partial charge in [0, 0.05) is 12.0 Å². The van der Waals surface area contributed by atoms with E-state index in [4.69, 9.17) is 5.11 Å². The molecule has 0 spiro atoms. The number of hydrogen-bond acceptors (Lipinski definition) is 3. The average Bonchev–Trinajstić information content (AvgIpc) is 2.60. The van der Waals surface area contributed by atoms with E-state index in [2.05, 4.69) is 10.6 Å². The molecule has 0 aliphatic heterocycles. The maximum atomic E-state index is 11.8. The smallest absolute Gasteiger partial charge is 0.321 e. The van der Waals surface area contributed by atoms with E-state index in [1.165, 1.54) is 0 Å². The minimum absolute atomic E-state index is 0.00341. The number of imide groups is 1. The van der Waals surface area contributed by atoms with Crippen molar-refractivity contribution in [3.05, 3.63) is 0 Å². The first-order valence-corrected chi connectivity index (χ1v) is 6.96. The Morgan fingerprint density at radius 3 is 2.20 bits per heavy atom. The zero-order valence-corrected chi connectivity index (χ0v) is 12.4. The maximum Gasteiger partial charge on any atom is 0.321 e. The van der Waals surface area contributed by atoms with Crippen molar-refractivity contribution in [3.63, 3.8) is 0 Å². The van der Waals surface area contributed by atoms with Crippen molar-refractivity contribution in [2.75, 3.05) is 0 Å². The van der Waals surface area contributed by atoms with Gasteiger partial charge in [0.25, 0.3) is 0 Å². The summed E-state index contributed by atoms with van der Waals surface area (Å²) < 4.78 is 0. The van der Waals surface area contributed by atoms with Crippen molar-refractivity contribution >= 4 is 17.9 Å². The number of carbonyl (C=O) groups is 3. The lowest BCUT2D eigenvalue weighted by Crippen LogP contribution is -2.50. The second-order valence-electron chi connectivity index (χ2n) is 6.68. The molecule has 0 unspecified atom stereocenters. The highest BCUT2D eigenvalue weighted by atomic mass is 16.4. The van der Waals surface area contributed by atoms with Crippen LogP contribution in [0.1, 0.15) is 59.3 Å². The molecule has 0 atom stereocenters. The van der Waals surface area contributed by atoms with Gasteiger partial charge in [0.05, 0.1) is 6.42 Å². The van der Waals surface area contributed by atoms with Gasteiger partial charge in [0.15, 0.2) is 0 Å². The fourth-order valence-electron chi connectivity index (χ4n) is 2.66. The molecule has 1 fully saturated rings. The molecule has 0 radical (unpaired) electrons. The lowest BCUT2D eigenvalue weighted by molar-refractivity contribution is -0.139. The van der Waals surface area contributed by atoms with E-state index in [0.29, 0.717) is 0 Å². The largest absolute Gasteiger partial charge is 0.481 e. The number of carboxylic acids is 1. The van der Waals surface area contributed by atoms with Gasteiger partial charge in [-0.3, -0.25) is 14.9 Å². The molecule has 6 heteroatoms. The molecule has 0 saturated heterocycles. The highest BCUT2D eigenvalue weighted by Crippen LogP contribution is 2.28. The van der Waals surface area contributed by atoms with Crippen LogP contribution in [0.4, 0.5) is 4.79 Å². The summed E-state index contributed by atoms with van der Waals surface area (Å²) in [5.74, 6) is -1.40. The molecule has 3 amide bonds. The van der Waals surface area contributed by atoms with Crippen LogP contribution in [0.25, 0.3) is 0 Å². The van der Waals surface area contributed by atoms with Crippen LogP contribution >= 0.6 is 0 Å². The Kier molecular flexibility index (Phi) is 5.14. The van der Waals surface area contributed by atoms with Crippen LogP contribution in [0.2, 0.25) is 0 Å². The zero-order valence-electron chi connectivity index (χ0n) is 12.4. The SMILES string of the molecule is CC(C)(CC(=O)O)CC(=O)NC(=O)NC1(C)CCCC1. The fraction of sp³-hybridized carbons (Fsp3) is 0.786. The minimum Gasteiger partial charge on any atom is -0.481 e. The summed E-state index contributed by atoms with van der Waals surface area (Å²) >= 11 is 0. The van der Waals surface area contributed by atoms with Gasteiger partial charge < -0.3 is 10.4 Å². The van der Waals surface area contributed by atoms with Crippen molar-refractivity contribution in [2.24, 2.45) is 5.41 Å². The Morgan fingerprint density at radius 1 is 1.15 bits per heavy atom.